The van der Waals surface area contributed by atoms with E-state index in [1.807, 2.05) is 32.9 Å². The molecule has 0 unspecified atom stereocenters. The summed E-state index contributed by atoms with van der Waals surface area (Å²) in [6.45, 7) is 6.98. The van der Waals surface area contributed by atoms with Crippen molar-refractivity contribution in [2.45, 2.75) is 58.5 Å². The molecule has 0 bridgehead atoms. The van der Waals surface area contributed by atoms with Crippen LogP contribution in [0.1, 0.15) is 52.7 Å². The monoisotopic (exact) mass is 344 g/mol. The van der Waals surface area contributed by atoms with Crippen LogP contribution in [0.25, 0.3) is 0 Å². The van der Waals surface area contributed by atoms with E-state index in [9.17, 15) is 9.59 Å². The van der Waals surface area contributed by atoms with Crippen LogP contribution in [0.5, 0.6) is 0 Å². The van der Waals surface area contributed by atoms with E-state index in [1.54, 1.807) is 0 Å². The summed E-state index contributed by atoms with van der Waals surface area (Å²) in [7, 11) is 0. The molecule has 1 aromatic carbocycles. The third kappa shape index (κ3) is 4.40. The lowest BCUT2D eigenvalue weighted by Gasteiger charge is -2.42. The molecule has 2 saturated carbocycles. The number of rotatable bonds is 7. The number of nitrogens with one attached hydrogen (secondary N) is 1. The fourth-order valence-electron chi connectivity index (χ4n) is 3.95. The third-order valence-electron chi connectivity index (χ3n) is 5.40. The van der Waals surface area contributed by atoms with E-state index in [0.717, 1.165) is 36.1 Å². The first-order valence-electron chi connectivity index (χ1n) is 9.18. The molecule has 1 amide bonds. The Hall–Kier alpha value is -1.88. The number of hydrogen-bond donors (Lipinski definition) is 2. The molecular formula is C20H28N2O3. The Balaban J connectivity index is 1.55. The number of carbonyl (C=O) groups is 2. The second-order valence-electron chi connectivity index (χ2n) is 7.84. The first kappa shape index (κ1) is 17.9. The lowest BCUT2D eigenvalue weighted by molar-refractivity contribution is -0.139. The molecule has 2 fully saturated rings. The van der Waals surface area contributed by atoms with Crippen molar-refractivity contribution in [3.8, 4) is 0 Å². The first-order chi connectivity index (χ1) is 11.8. The molecule has 1 aromatic rings. The molecule has 0 atom stereocenters. The molecule has 2 aliphatic carbocycles. The van der Waals surface area contributed by atoms with Gasteiger partial charge in [0.1, 0.15) is 0 Å². The predicted octanol–water partition coefficient (Wildman–Crippen LogP) is 2.67. The molecule has 0 aromatic heterocycles. The number of aliphatic carboxylic acids is 1. The lowest BCUT2D eigenvalue weighted by Crippen LogP contribution is -2.55. The summed E-state index contributed by atoms with van der Waals surface area (Å²) in [6, 6.07) is 4.50. The molecule has 3 rings (SSSR count). The van der Waals surface area contributed by atoms with Crippen LogP contribution in [0, 0.1) is 26.7 Å². The van der Waals surface area contributed by atoms with E-state index in [1.165, 1.54) is 18.4 Å². The molecule has 0 heterocycles. The number of carboxylic acid groups (broad SMARTS) is 1. The number of carbonyl (C=O) groups excluding carboxylic acids is 1. The quantitative estimate of drug-likeness (QED) is 0.798. The molecule has 25 heavy (non-hydrogen) atoms. The second-order valence-corrected chi connectivity index (χ2v) is 7.84. The maximum atomic E-state index is 12.6. The van der Waals surface area contributed by atoms with Gasteiger partial charge in [0.05, 0.1) is 6.54 Å². The first-order valence-corrected chi connectivity index (χ1v) is 9.18. The van der Waals surface area contributed by atoms with Crippen molar-refractivity contribution in [3.05, 3.63) is 34.4 Å². The normalized spacial score (nSPS) is 22.6. The van der Waals surface area contributed by atoms with E-state index in [-0.39, 0.29) is 24.5 Å². The van der Waals surface area contributed by atoms with Crippen molar-refractivity contribution in [3.63, 3.8) is 0 Å². The average Bonchev–Trinajstić information content (AvgIpc) is 3.24. The third-order valence-corrected chi connectivity index (χ3v) is 5.40. The standard InChI is InChI=1S/C20H28N2O3/c1-12-6-13(2)19(14(3)7-12)20(25)21-16-8-17(9-16)22(11-18(23)24)10-15-4-5-15/h6-7,15-17H,4-5,8-11H2,1-3H3,(H,21,25)(H,23,24). The lowest BCUT2D eigenvalue weighted by atomic mass is 9.84. The van der Waals surface area contributed by atoms with Crippen molar-refractivity contribution >= 4 is 11.9 Å². The molecule has 0 aliphatic heterocycles. The molecule has 0 saturated heterocycles. The van der Waals surface area contributed by atoms with Gasteiger partial charge in [-0.05, 0) is 63.5 Å². The fraction of sp³-hybridized carbons (Fsp3) is 0.600. The minimum Gasteiger partial charge on any atom is -0.480 e. The number of carboxylic acids is 1. The smallest absolute Gasteiger partial charge is 0.317 e. The van der Waals surface area contributed by atoms with E-state index in [4.69, 9.17) is 5.11 Å². The molecule has 5 heteroatoms. The fourth-order valence-corrected chi connectivity index (χ4v) is 3.95. The number of hydrogen-bond acceptors (Lipinski definition) is 3. The summed E-state index contributed by atoms with van der Waals surface area (Å²) in [5.41, 5.74) is 3.95. The Bertz CT molecular complexity index is 653. The van der Waals surface area contributed by atoms with Crippen LogP contribution in [0.3, 0.4) is 0 Å². The molecule has 5 nitrogen and oxygen atoms in total. The summed E-state index contributed by atoms with van der Waals surface area (Å²) in [4.78, 5) is 25.8. The molecule has 2 N–H and O–H groups in total. The van der Waals surface area contributed by atoms with Crippen molar-refractivity contribution in [2.75, 3.05) is 13.1 Å². The zero-order valence-corrected chi connectivity index (χ0v) is 15.3. The van der Waals surface area contributed by atoms with Crippen molar-refractivity contribution < 1.29 is 14.7 Å². The number of nitrogens with zero attached hydrogens (tertiary/aromatic N) is 1. The average molecular weight is 344 g/mol. The molecule has 136 valence electrons. The summed E-state index contributed by atoms with van der Waals surface area (Å²) >= 11 is 0. The minimum atomic E-state index is -0.765. The van der Waals surface area contributed by atoms with Crippen LogP contribution >= 0.6 is 0 Å². The summed E-state index contributed by atoms with van der Waals surface area (Å²) in [5.74, 6) is -0.102. The van der Waals surface area contributed by atoms with Gasteiger partial charge in [0.25, 0.3) is 5.91 Å². The summed E-state index contributed by atoms with van der Waals surface area (Å²) in [6.07, 6.45) is 4.12. The van der Waals surface area contributed by atoms with Crippen molar-refractivity contribution in [1.29, 1.82) is 0 Å². The van der Waals surface area contributed by atoms with Crippen LogP contribution in [-0.4, -0.2) is 47.1 Å². The van der Waals surface area contributed by atoms with Crippen LogP contribution in [0.2, 0.25) is 0 Å². The van der Waals surface area contributed by atoms with Gasteiger partial charge >= 0.3 is 5.97 Å². The highest BCUT2D eigenvalue weighted by atomic mass is 16.4. The molecule has 0 spiro atoms. The Morgan fingerprint density at radius 1 is 1.16 bits per heavy atom. The van der Waals surface area contributed by atoms with Gasteiger partial charge in [-0.15, -0.1) is 0 Å². The number of amides is 1. The summed E-state index contributed by atoms with van der Waals surface area (Å²) < 4.78 is 0. The zero-order valence-electron chi connectivity index (χ0n) is 15.3. The van der Waals surface area contributed by atoms with Gasteiger partial charge < -0.3 is 10.4 Å². The van der Waals surface area contributed by atoms with Gasteiger partial charge in [0.15, 0.2) is 0 Å². The van der Waals surface area contributed by atoms with Crippen LogP contribution in [0.4, 0.5) is 0 Å². The van der Waals surface area contributed by atoms with Crippen LogP contribution in [-0.2, 0) is 4.79 Å². The molecule has 0 radical (unpaired) electrons. The molecular weight excluding hydrogens is 316 g/mol. The number of benzene rings is 1. The van der Waals surface area contributed by atoms with Crippen LogP contribution in [0.15, 0.2) is 12.1 Å². The summed E-state index contributed by atoms with van der Waals surface area (Å²) in [5, 5.41) is 12.2. The van der Waals surface area contributed by atoms with Crippen molar-refractivity contribution in [1.82, 2.24) is 10.2 Å². The topological polar surface area (TPSA) is 69.6 Å². The molecule has 2 aliphatic rings. The second kappa shape index (κ2) is 7.16. The van der Waals surface area contributed by atoms with Crippen LogP contribution < -0.4 is 5.32 Å². The van der Waals surface area contributed by atoms with Gasteiger partial charge in [-0.2, -0.15) is 0 Å². The Labute approximate surface area is 149 Å². The Morgan fingerprint density at radius 2 is 1.76 bits per heavy atom. The van der Waals surface area contributed by atoms with E-state index >= 15 is 0 Å². The highest BCUT2D eigenvalue weighted by Gasteiger charge is 2.38. The predicted molar refractivity (Wildman–Crippen MR) is 96.9 cm³/mol. The SMILES string of the molecule is Cc1cc(C)c(C(=O)NC2CC(N(CC(=O)O)CC3CC3)C2)c(C)c1. The minimum absolute atomic E-state index is 0.00886. The maximum absolute atomic E-state index is 12.6. The number of aryl methyl sites for hydroxylation is 3. The van der Waals surface area contributed by atoms with Gasteiger partial charge in [0.2, 0.25) is 0 Å². The van der Waals surface area contributed by atoms with Crippen molar-refractivity contribution in [2.24, 2.45) is 5.92 Å². The van der Waals surface area contributed by atoms with Gasteiger partial charge in [0, 0.05) is 24.2 Å². The van der Waals surface area contributed by atoms with E-state index < -0.39 is 5.97 Å². The van der Waals surface area contributed by atoms with E-state index in [2.05, 4.69) is 10.2 Å². The van der Waals surface area contributed by atoms with Gasteiger partial charge in [-0.1, -0.05) is 17.7 Å². The Kier molecular flexibility index (Phi) is 5.13. The van der Waals surface area contributed by atoms with Gasteiger partial charge in [-0.3, -0.25) is 14.5 Å². The van der Waals surface area contributed by atoms with Gasteiger partial charge in [-0.25, -0.2) is 0 Å². The highest BCUT2D eigenvalue weighted by Crippen LogP contribution is 2.34. The van der Waals surface area contributed by atoms with E-state index in [0.29, 0.717) is 5.92 Å². The largest absolute Gasteiger partial charge is 0.480 e. The Morgan fingerprint density at radius 3 is 2.28 bits per heavy atom. The zero-order chi connectivity index (χ0) is 18.1. The highest BCUT2D eigenvalue weighted by molar-refractivity contribution is 5.97. The maximum Gasteiger partial charge on any atom is 0.317 e.